The van der Waals surface area contributed by atoms with Gasteiger partial charge in [-0.2, -0.15) is 0 Å². The van der Waals surface area contributed by atoms with Gasteiger partial charge in [-0.1, -0.05) is 30.3 Å². The Hall–Kier alpha value is -2.14. The van der Waals surface area contributed by atoms with Crippen molar-refractivity contribution in [2.45, 2.75) is 4.90 Å². The van der Waals surface area contributed by atoms with Crippen LogP contribution in [0.1, 0.15) is 10.4 Å². The lowest BCUT2D eigenvalue weighted by Crippen LogP contribution is -2.16. The van der Waals surface area contributed by atoms with Crippen LogP contribution in [0.4, 0.5) is 0 Å². The lowest BCUT2D eigenvalue weighted by atomic mass is 10.2. The summed E-state index contributed by atoms with van der Waals surface area (Å²) in [5.41, 5.74) is 0.573. The van der Waals surface area contributed by atoms with Crippen LogP contribution in [0.15, 0.2) is 53.4 Å². The summed E-state index contributed by atoms with van der Waals surface area (Å²) in [5.74, 6) is 1.06. The number of benzene rings is 2. The zero-order chi connectivity index (χ0) is 14.7. The molecular weight excluding hydrogens is 288 g/mol. The highest BCUT2D eigenvalue weighted by atomic mass is 32.2. The van der Waals surface area contributed by atoms with Gasteiger partial charge in [-0.15, -0.1) is 0 Å². The lowest BCUT2D eigenvalue weighted by molar-refractivity contribution is 0.102. The second-order valence-electron chi connectivity index (χ2n) is 4.58. The number of fused-ring (bicyclic) bond motifs is 1. The van der Waals surface area contributed by atoms with E-state index in [2.05, 4.69) is 0 Å². The monoisotopic (exact) mass is 302 g/mol. The van der Waals surface area contributed by atoms with Gasteiger partial charge >= 0.3 is 0 Å². The average Bonchev–Trinajstić information content (AvgIpc) is 2.55. The SMILES string of the molecule is O=C(CS(=O)c1ccc2c(c1)OCCO2)c1ccccc1. The maximum Gasteiger partial charge on any atom is 0.175 e. The van der Waals surface area contributed by atoms with Crippen LogP contribution in [0.5, 0.6) is 11.5 Å². The fraction of sp³-hybridized carbons (Fsp3) is 0.188. The second kappa shape index (κ2) is 6.10. The molecule has 4 nitrogen and oxygen atoms in total. The predicted octanol–water partition coefficient (Wildman–Crippen LogP) is 2.45. The van der Waals surface area contributed by atoms with Crippen molar-refractivity contribution in [3.63, 3.8) is 0 Å². The molecule has 0 aromatic heterocycles. The molecule has 5 heteroatoms. The van der Waals surface area contributed by atoms with E-state index < -0.39 is 10.8 Å². The summed E-state index contributed by atoms with van der Waals surface area (Å²) in [7, 11) is -1.40. The third-order valence-electron chi connectivity index (χ3n) is 3.13. The molecule has 1 aliphatic rings. The predicted molar refractivity (Wildman–Crippen MR) is 79.5 cm³/mol. The zero-order valence-corrected chi connectivity index (χ0v) is 12.1. The molecule has 1 atom stereocenters. The number of carbonyl (C=O) groups excluding carboxylic acids is 1. The smallest absolute Gasteiger partial charge is 0.175 e. The van der Waals surface area contributed by atoms with Crippen molar-refractivity contribution in [2.24, 2.45) is 0 Å². The van der Waals surface area contributed by atoms with Gasteiger partial charge in [0.25, 0.3) is 0 Å². The highest BCUT2D eigenvalue weighted by Gasteiger charge is 2.16. The first-order valence-corrected chi connectivity index (χ1v) is 7.92. The van der Waals surface area contributed by atoms with Gasteiger partial charge in [0, 0.05) is 16.5 Å². The Kier molecular flexibility index (Phi) is 4.01. The molecular formula is C16H14O4S. The van der Waals surface area contributed by atoms with Crippen LogP contribution in [-0.4, -0.2) is 29.0 Å². The van der Waals surface area contributed by atoms with E-state index in [1.165, 1.54) is 0 Å². The van der Waals surface area contributed by atoms with E-state index in [-0.39, 0.29) is 11.5 Å². The molecule has 0 radical (unpaired) electrons. The van der Waals surface area contributed by atoms with E-state index >= 15 is 0 Å². The van der Waals surface area contributed by atoms with Crippen LogP contribution in [0.3, 0.4) is 0 Å². The van der Waals surface area contributed by atoms with Gasteiger partial charge in [-0.05, 0) is 12.1 Å². The zero-order valence-electron chi connectivity index (χ0n) is 11.3. The molecule has 1 aliphatic heterocycles. The minimum atomic E-state index is -1.40. The van der Waals surface area contributed by atoms with Crippen molar-refractivity contribution in [3.8, 4) is 11.5 Å². The minimum Gasteiger partial charge on any atom is -0.486 e. The summed E-state index contributed by atoms with van der Waals surface area (Å²) in [5, 5.41) is 0. The van der Waals surface area contributed by atoms with Gasteiger partial charge < -0.3 is 9.47 Å². The number of carbonyl (C=O) groups is 1. The molecule has 2 aromatic carbocycles. The Balaban J connectivity index is 1.75. The molecule has 0 saturated carbocycles. The standard InChI is InChI=1S/C16H14O4S/c17-14(12-4-2-1-3-5-12)11-21(18)13-6-7-15-16(10-13)20-9-8-19-15/h1-7,10H,8-9,11H2. The van der Waals surface area contributed by atoms with Gasteiger partial charge in [-0.3, -0.25) is 9.00 Å². The Bertz CT molecular complexity index is 682. The summed E-state index contributed by atoms with van der Waals surface area (Å²) in [4.78, 5) is 12.6. The Labute approximate surface area is 125 Å². The van der Waals surface area contributed by atoms with Gasteiger partial charge in [0.1, 0.15) is 13.2 Å². The first-order chi connectivity index (χ1) is 10.2. The van der Waals surface area contributed by atoms with Crippen molar-refractivity contribution in [3.05, 3.63) is 54.1 Å². The molecule has 108 valence electrons. The van der Waals surface area contributed by atoms with Crippen LogP contribution in [-0.2, 0) is 10.8 Å². The Morgan fingerprint density at radius 2 is 1.71 bits per heavy atom. The van der Waals surface area contributed by atoms with E-state index in [0.29, 0.717) is 35.2 Å². The molecule has 0 amide bonds. The number of ketones is 1. The van der Waals surface area contributed by atoms with Crippen LogP contribution in [0.2, 0.25) is 0 Å². The summed E-state index contributed by atoms with van der Waals surface area (Å²) in [6.07, 6.45) is 0. The molecule has 2 aromatic rings. The van der Waals surface area contributed by atoms with Crippen LogP contribution < -0.4 is 9.47 Å². The first-order valence-electron chi connectivity index (χ1n) is 6.60. The highest BCUT2D eigenvalue weighted by molar-refractivity contribution is 7.85. The number of ether oxygens (including phenoxy) is 2. The molecule has 0 saturated heterocycles. The first kappa shape index (κ1) is 13.8. The Morgan fingerprint density at radius 1 is 1.00 bits per heavy atom. The average molecular weight is 302 g/mol. The lowest BCUT2D eigenvalue weighted by Gasteiger charge is -2.18. The fourth-order valence-electron chi connectivity index (χ4n) is 2.08. The molecule has 1 heterocycles. The summed E-state index contributed by atoms with van der Waals surface area (Å²) >= 11 is 0. The van der Waals surface area contributed by atoms with Gasteiger partial charge in [0.2, 0.25) is 0 Å². The summed E-state index contributed by atoms with van der Waals surface area (Å²) in [6.45, 7) is 0.994. The minimum absolute atomic E-state index is 0.0380. The molecule has 0 fully saturated rings. The number of hydrogen-bond acceptors (Lipinski definition) is 4. The van der Waals surface area contributed by atoms with E-state index in [1.54, 1.807) is 42.5 Å². The highest BCUT2D eigenvalue weighted by Crippen LogP contribution is 2.31. The van der Waals surface area contributed by atoms with Crippen molar-refractivity contribution < 1.29 is 18.5 Å². The molecule has 21 heavy (non-hydrogen) atoms. The van der Waals surface area contributed by atoms with Crippen LogP contribution >= 0.6 is 0 Å². The van der Waals surface area contributed by atoms with Gasteiger partial charge in [-0.25, -0.2) is 0 Å². The maximum atomic E-state index is 12.3. The number of Topliss-reactive ketones (excluding diaryl/α,β-unsaturated/α-hetero) is 1. The van der Waals surface area contributed by atoms with E-state index in [0.717, 1.165) is 0 Å². The van der Waals surface area contributed by atoms with E-state index in [4.69, 9.17) is 9.47 Å². The topological polar surface area (TPSA) is 52.6 Å². The van der Waals surface area contributed by atoms with Crippen LogP contribution in [0, 0.1) is 0 Å². The van der Waals surface area contributed by atoms with Crippen molar-refractivity contribution in [1.29, 1.82) is 0 Å². The van der Waals surface area contributed by atoms with E-state index in [9.17, 15) is 9.00 Å². The largest absolute Gasteiger partial charge is 0.486 e. The van der Waals surface area contributed by atoms with Crippen molar-refractivity contribution in [1.82, 2.24) is 0 Å². The third-order valence-corrected chi connectivity index (χ3v) is 4.44. The van der Waals surface area contributed by atoms with Gasteiger partial charge in [0.15, 0.2) is 17.3 Å². The quantitative estimate of drug-likeness (QED) is 0.814. The van der Waals surface area contributed by atoms with E-state index in [1.807, 2.05) is 6.07 Å². The molecule has 0 spiro atoms. The second-order valence-corrected chi connectivity index (χ2v) is 6.04. The molecule has 0 aliphatic carbocycles. The molecule has 1 unspecified atom stereocenters. The normalized spacial score (nSPS) is 14.5. The third kappa shape index (κ3) is 3.13. The fourth-order valence-corrected chi connectivity index (χ4v) is 3.10. The summed E-state index contributed by atoms with van der Waals surface area (Å²) in [6, 6.07) is 14.0. The van der Waals surface area contributed by atoms with Crippen LogP contribution in [0.25, 0.3) is 0 Å². The number of hydrogen-bond donors (Lipinski definition) is 0. The molecule has 3 rings (SSSR count). The summed E-state index contributed by atoms with van der Waals surface area (Å²) < 4.78 is 23.2. The Morgan fingerprint density at radius 3 is 2.48 bits per heavy atom. The van der Waals surface area contributed by atoms with Gasteiger partial charge in [0.05, 0.1) is 16.6 Å². The van der Waals surface area contributed by atoms with Crippen molar-refractivity contribution >= 4 is 16.6 Å². The molecule has 0 N–H and O–H groups in total. The number of rotatable bonds is 4. The van der Waals surface area contributed by atoms with Crippen molar-refractivity contribution in [2.75, 3.05) is 19.0 Å². The molecule has 0 bridgehead atoms. The maximum absolute atomic E-state index is 12.3.